The van der Waals surface area contributed by atoms with E-state index in [1.54, 1.807) is 42.6 Å². The maximum Gasteiger partial charge on any atom is 0.253 e. The highest BCUT2D eigenvalue weighted by atomic mass is 32.2. The molecule has 0 spiro atoms. The molecular formula is C15H14N2O3S. The van der Waals surface area contributed by atoms with Gasteiger partial charge in [0.25, 0.3) is 5.91 Å². The van der Waals surface area contributed by atoms with Crippen LogP contribution in [0.3, 0.4) is 0 Å². The molecule has 0 saturated carbocycles. The summed E-state index contributed by atoms with van der Waals surface area (Å²) in [5.41, 5.74) is 1.12. The van der Waals surface area contributed by atoms with E-state index in [9.17, 15) is 13.2 Å². The average molecular weight is 302 g/mol. The van der Waals surface area contributed by atoms with Crippen molar-refractivity contribution in [2.75, 3.05) is 5.75 Å². The van der Waals surface area contributed by atoms with Crippen molar-refractivity contribution in [1.29, 1.82) is 0 Å². The highest BCUT2D eigenvalue weighted by molar-refractivity contribution is 7.91. The van der Waals surface area contributed by atoms with Crippen LogP contribution in [0, 0.1) is 0 Å². The molecule has 6 heteroatoms. The number of rotatable bonds is 2. The normalized spacial score (nSPS) is 19.5. The first-order chi connectivity index (χ1) is 10.1. The molecule has 5 nitrogen and oxygen atoms in total. The van der Waals surface area contributed by atoms with Gasteiger partial charge in [-0.05, 0) is 30.2 Å². The molecule has 2 aromatic rings. The second kappa shape index (κ2) is 5.29. The summed E-state index contributed by atoms with van der Waals surface area (Å²) in [5.74, 6) is -0.204. The van der Waals surface area contributed by atoms with Crippen LogP contribution in [0.1, 0.15) is 28.4 Å². The van der Waals surface area contributed by atoms with Crippen molar-refractivity contribution < 1.29 is 13.2 Å². The van der Waals surface area contributed by atoms with Gasteiger partial charge in [0.1, 0.15) is 0 Å². The Bertz CT molecular complexity index is 773. The minimum absolute atomic E-state index is 0.0437. The molecule has 21 heavy (non-hydrogen) atoms. The second-order valence-electron chi connectivity index (χ2n) is 4.91. The largest absolute Gasteiger partial charge is 0.345 e. The molecule has 108 valence electrons. The van der Waals surface area contributed by atoms with Crippen molar-refractivity contribution in [3.8, 4) is 0 Å². The van der Waals surface area contributed by atoms with Gasteiger partial charge in [-0.3, -0.25) is 9.78 Å². The standard InChI is InChI=1S/C15H14N2O3S/c18-15(11-4-3-8-16-10-11)17-13-7-9-21(19,20)14-6-2-1-5-12(13)14/h1-6,8,10,13H,7,9H2,(H,17,18). The highest BCUT2D eigenvalue weighted by Crippen LogP contribution is 2.31. The summed E-state index contributed by atoms with van der Waals surface area (Å²) in [6, 6.07) is 9.89. The van der Waals surface area contributed by atoms with Crippen molar-refractivity contribution in [3.63, 3.8) is 0 Å². The number of sulfone groups is 1. The third-order valence-corrected chi connectivity index (χ3v) is 5.35. The topological polar surface area (TPSA) is 76.1 Å². The van der Waals surface area contributed by atoms with Gasteiger partial charge in [0, 0.05) is 12.4 Å². The zero-order valence-electron chi connectivity index (χ0n) is 11.2. The molecule has 1 atom stereocenters. The number of nitrogens with one attached hydrogen (secondary N) is 1. The van der Waals surface area contributed by atoms with Crippen molar-refractivity contribution in [3.05, 3.63) is 59.9 Å². The van der Waals surface area contributed by atoms with E-state index >= 15 is 0 Å². The Labute approximate surface area is 122 Å². The summed E-state index contributed by atoms with van der Waals surface area (Å²) in [6.45, 7) is 0. The van der Waals surface area contributed by atoms with E-state index < -0.39 is 9.84 Å². The Morgan fingerprint density at radius 2 is 2.00 bits per heavy atom. The zero-order valence-corrected chi connectivity index (χ0v) is 12.0. The van der Waals surface area contributed by atoms with E-state index in [4.69, 9.17) is 0 Å². The molecule has 0 fully saturated rings. The smallest absolute Gasteiger partial charge is 0.253 e. The summed E-state index contributed by atoms with van der Waals surface area (Å²) in [5, 5.41) is 2.89. The lowest BCUT2D eigenvalue weighted by molar-refractivity contribution is 0.0934. The van der Waals surface area contributed by atoms with Gasteiger partial charge in [0.2, 0.25) is 0 Å². The van der Waals surface area contributed by atoms with Crippen LogP contribution in [0.5, 0.6) is 0 Å². The number of aromatic nitrogens is 1. The SMILES string of the molecule is O=C(NC1CCS(=O)(=O)c2ccccc21)c1cccnc1. The Morgan fingerprint density at radius 3 is 2.76 bits per heavy atom. The zero-order chi connectivity index (χ0) is 14.9. The number of hydrogen-bond donors (Lipinski definition) is 1. The van der Waals surface area contributed by atoms with Crippen LogP contribution in [0.2, 0.25) is 0 Å². The van der Waals surface area contributed by atoms with Gasteiger partial charge in [-0.15, -0.1) is 0 Å². The van der Waals surface area contributed by atoms with Crippen LogP contribution in [0.4, 0.5) is 0 Å². The number of carbonyl (C=O) groups excluding carboxylic acids is 1. The van der Waals surface area contributed by atoms with E-state index in [1.807, 2.05) is 0 Å². The molecule has 1 unspecified atom stereocenters. The van der Waals surface area contributed by atoms with Crippen LogP contribution in [-0.4, -0.2) is 25.1 Å². The number of pyridine rings is 1. The molecule has 0 saturated heterocycles. The molecular weight excluding hydrogens is 288 g/mol. The van der Waals surface area contributed by atoms with Crippen LogP contribution >= 0.6 is 0 Å². The summed E-state index contributed by atoms with van der Waals surface area (Å²) in [7, 11) is -3.24. The lowest BCUT2D eigenvalue weighted by Gasteiger charge is -2.26. The summed E-state index contributed by atoms with van der Waals surface area (Å²) >= 11 is 0. The number of benzene rings is 1. The van der Waals surface area contributed by atoms with E-state index in [1.165, 1.54) is 6.20 Å². The number of nitrogens with zero attached hydrogens (tertiary/aromatic N) is 1. The number of fused-ring (bicyclic) bond motifs is 1. The van der Waals surface area contributed by atoms with Gasteiger partial charge in [0.05, 0.1) is 22.3 Å². The van der Waals surface area contributed by atoms with Gasteiger partial charge >= 0.3 is 0 Å². The van der Waals surface area contributed by atoms with Crippen molar-refractivity contribution in [2.24, 2.45) is 0 Å². The van der Waals surface area contributed by atoms with Crippen LogP contribution in [0.15, 0.2) is 53.7 Å². The fourth-order valence-electron chi connectivity index (χ4n) is 2.48. The third kappa shape index (κ3) is 2.67. The maximum absolute atomic E-state index is 12.2. The van der Waals surface area contributed by atoms with Gasteiger partial charge in [-0.25, -0.2) is 8.42 Å². The molecule has 1 aliphatic rings. The lowest BCUT2D eigenvalue weighted by atomic mass is 10.0. The molecule has 0 bridgehead atoms. The Hall–Kier alpha value is -2.21. The Kier molecular flexibility index (Phi) is 3.47. The summed E-state index contributed by atoms with van der Waals surface area (Å²) < 4.78 is 24.1. The fourth-order valence-corrected chi connectivity index (χ4v) is 4.10. The first-order valence-electron chi connectivity index (χ1n) is 6.60. The van der Waals surface area contributed by atoms with Crippen molar-refractivity contribution in [1.82, 2.24) is 10.3 Å². The molecule has 0 radical (unpaired) electrons. The van der Waals surface area contributed by atoms with Crippen LogP contribution in [-0.2, 0) is 9.84 Å². The number of hydrogen-bond acceptors (Lipinski definition) is 4. The van der Waals surface area contributed by atoms with E-state index in [0.29, 0.717) is 22.4 Å². The minimum atomic E-state index is -3.24. The van der Waals surface area contributed by atoms with E-state index in [0.717, 1.165) is 0 Å². The van der Waals surface area contributed by atoms with Crippen molar-refractivity contribution in [2.45, 2.75) is 17.4 Å². The minimum Gasteiger partial charge on any atom is -0.345 e. The predicted octanol–water partition coefficient (Wildman–Crippen LogP) is 1.73. The van der Waals surface area contributed by atoms with Gasteiger partial charge < -0.3 is 5.32 Å². The summed E-state index contributed by atoms with van der Waals surface area (Å²) in [6.07, 6.45) is 3.46. The van der Waals surface area contributed by atoms with E-state index in [2.05, 4.69) is 10.3 Å². The molecule has 2 heterocycles. The molecule has 1 amide bonds. The first kappa shape index (κ1) is 13.8. The maximum atomic E-state index is 12.2. The predicted molar refractivity (Wildman–Crippen MR) is 77.6 cm³/mol. The van der Waals surface area contributed by atoms with Crippen LogP contribution in [0.25, 0.3) is 0 Å². The van der Waals surface area contributed by atoms with E-state index in [-0.39, 0.29) is 17.7 Å². The molecule has 1 aromatic heterocycles. The molecule has 1 N–H and O–H groups in total. The third-order valence-electron chi connectivity index (χ3n) is 3.53. The molecule has 3 rings (SSSR count). The van der Waals surface area contributed by atoms with Crippen LogP contribution < -0.4 is 5.32 Å². The van der Waals surface area contributed by atoms with Crippen molar-refractivity contribution >= 4 is 15.7 Å². The molecule has 0 aliphatic carbocycles. The monoisotopic (exact) mass is 302 g/mol. The lowest BCUT2D eigenvalue weighted by Crippen LogP contribution is -2.33. The quantitative estimate of drug-likeness (QED) is 0.916. The fraction of sp³-hybridized carbons (Fsp3) is 0.200. The Morgan fingerprint density at radius 1 is 1.19 bits per heavy atom. The number of amides is 1. The second-order valence-corrected chi connectivity index (χ2v) is 6.99. The molecule has 1 aromatic carbocycles. The first-order valence-corrected chi connectivity index (χ1v) is 8.26. The summed E-state index contributed by atoms with van der Waals surface area (Å²) in [4.78, 5) is 16.4. The Balaban J connectivity index is 1.90. The van der Waals surface area contributed by atoms with Gasteiger partial charge in [0.15, 0.2) is 9.84 Å². The van der Waals surface area contributed by atoms with Gasteiger partial charge in [-0.2, -0.15) is 0 Å². The molecule has 1 aliphatic heterocycles. The van der Waals surface area contributed by atoms with Gasteiger partial charge in [-0.1, -0.05) is 18.2 Å². The number of carbonyl (C=O) groups is 1. The highest BCUT2D eigenvalue weighted by Gasteiger charge is 2.30. The average Bonchev–Trinajstić information content (AvgIpc) is 2.51.